The third kappa shape index (κ3) is 3.17. The molecule has 5 nitrogen and oxygen atoms in total. The summed E-state index contributed by atoms with van der Waals surface area (Å²) in [5.74, 6) is 1.66. The summed E-state index contributed by atoms with van der Waals surface area (Å²) in [6, 6.07) is 5.68. The predicted octanol–water partition coefficient (Wildman–Crippen LogP) is 2.29. The van der Waals surface area contributed by atoms with E-state index < -0.39 is 0 Å². The number of hydrogen-bond donors (Lipinski definition) is 0. The SMILES string of the molecule is Cn1nnc(COc2ccc(Br)cc2CCl)n1. The van der Waals surface area contributed by atoms with Gasteiger partial charge < -0.3 is 4.74 Å². The standard InChI is InChI=1S/C10H10BrClN4O/c1-16-14-10(13-15-16)6-17-9-3-2-8(11)4-7(9)5-12/h2-4H,5-6H2,1H3. The zero-order valence-electron chi connectivity index (χ0n) is 9.10. The fourth-order valence-electron chi connectivity index (χ4n) is 1.32. The van der Waals surface area contributed by atoms with Crippen molar-refractivity contribution >= 4 is 27.5 Å². The summed E-state index contributed by atoms with van der Waals surface area (Å²) in [7, 11) is 1.71. The van der Waals surface area contributed by atoms with E-state index in [1.165, 1.54) is 4.80 Å². The Morgan fingerprint density at radius 2 is 2.29 bits per heavy atom. The molecule has 1 aromatic carbocycles. The van der Waals surface area contributed by atoms with Crippen LogP contribution >= 0.6 is 27.5 Å². The predicted molar refractivity (Wildman–Crippen MR) is 66.8 cm³/mol. The van der Waals surface area contributed by atoms with E-state index in [4.69, 9.17) is 16.3 Å². The summed E-state index contributed by atoms with van der Waals surface area (Å²) in [6.07, 6.45) is 0. The topological polar surface area (TPSA) is 52.8 Å². The third-order valence-corrected chi connectivity index (χ3v) is 2.85. The van der Waals surface area contributed by atoms with Crippen LogP contribution in [-0.4, -0.2) is 20.2 Å². The van der Waals surface area contributed by atoms with Crippen molar-refractivity contribution in [2.24, 2.45) is 7.05 Å². The van der Waals surface area contributed by atoms with Crippen molar-refractivity contribution in [1.82, 2.24) is 20.2 Å². The van der Waals surface area contributed by atoms with Gasteiger partial charge in [-0.3, -0.25) is 0 Å². The van der Waals surface area contributed by atoms with Gasteiger partial charge in [-0.2, -0.15) is 4.80 Å². The number of aryl methyl sites for hydroxylation is 1. The maximum absolute atomic E-state index is 5.84. The molecule has 2 rings (SSSR count). The van der Waals surface area contributed by atoms with Crippen LogP contribution in [0.25, 0.3) is 0 Å². The van der Waals surface area contributed by atoms with Gasteiger partial charge in [0, 0.05) is 10.0 Å². The van der Waals surface area contributed by atoms with E-state index in [-0.39, 0.29) is 6.61 Å². The monoisotopic (exact) mass is 316 g/mol. The Balaban J connectivity index is 2.08. The molecule has 0 unspecified atom stereocenters. The molecule has 0 N–H and O–H groups in total. The number of halogens is 2. The molecule has 0 atom stereocenters. The number of nitrogens with zero attached hydrogens (tertiary/aromatic N) is 4. The summed E-state index contributed by atoms with van der Waals surface area (Å²) in [5, 5.41) is 11.6. The normalized spacial score (nSPS) is 10.5. The maximum Gasteiger partial charge on any atom is 0.212 e. The zero-order chi connectivity index (χ0) is 12.3. The Bertz CT molecular complexity index is 517. The van der Waals surface area contributed by atoms with Gasteiger partial charge in [-0.15, -0.1) is 21.8 Å². The van der Waals surface area contributed by atoms with Gasteiger partial charge in [-0.25, -0.2) is 0 Å². The molecule has 2 aromatic rings. The Kier molecular flexibility index (Phi) is 3.96. The van der Waals surface area contributed by atoms with E-state index in [0.29, 0.717) is 11.7 Å². The Morgan fingerprint density at radius 1 is 1.47 bits per heavy atom. The summed E-state index contributed by atoms with van der Waals surface area (Å²) in [5.41, 5.74) is 0.921. The molecular formula is C10H10BrClN4O. The van der Waals surface area contributed by atoms with Gasteiger partial charge in [-0.05, 0) is 23.4 Å². The highest BCUT2D eigenvalue weighted by molar-refractivity contribution is 9.10. The molecule has 1 heterocycles. The van der Waals surface area contributed by atoms with Crippen molar-refractivity contribution in [3.05, 3.63) is 34.1 Å². The minimum atomic E-state index is 0.277. The van der Waals surface area contributed by atoms with Crippen LogP contribution in [0, 0.1) is 0 Å². The number of ether oxygens (including phenoxy) is 1. The molecule has 0 spiro atoms. The first-order chi connectivity index (χ1) is 8.19. The van der Waals surface area contributed by atoms with Crippen LogP contribution in [0.4, 0.5) is 0 Å². The molecule has 0 saturated heterocycles. The first-order valence-electron chi connectivity index (χ1n) is 4.89. The minimum Gasteiger partial charge on any atom is -0.485 e. The molecule has 7 heteroatoms. The van der Waals surface area contributed by atoms with Crippen LogP contribution in [0.2, 0.25) is 0 Å². The van der Waals surface area contributed by atoms with Crippen LogP contribution in [0.5, 0.6) is 5.75 Å². The second-order valence-corrected chi connectivity index (χ2v) is 4.55. The van der Waals surface area contributed by atoms with E-state index in [1.54, 1.807) is 7.05 Å². The van der Waals surface area contributed by atoms with Crippen LogP contribution in [0.3, 0.4) is 0 Å². The van der Waals surface area contributed by atoms with E-state index >= 15 is 0 Å². The lowest BCUT2D eigenvalue weighted by Gasteiger charge is -2.08. The average Bonchev–Trinajstić information content (AvgIpc) is 2.73. The highest BCUT2D eigenvalue weighted by Gasteiger charge is 2.06. The lowest BCUT2D eigenvalue weighted by Crippen LogP contribution is -2.00. The van der Waals surface area contributed by atoms with Crippen LogP contribution in [0.1, 0.15) is 11.4 Å². The number of benzene rings is 1. The lowest BCUT2D eigenvalue weighted by molar-refractivity contribution is 0.293. The molecule has 0 saturated carbocycles. The maximum atomic E-state index is 5.84. The van der Waals surface area contributed by atoms with Crippen LogP contribution < -0.4 is 4.74 Å². The number of tetrazole rings is 1. The molecule has 0 aliphatic heterocycles. The quantitative estimate of drug-likeness (QED) is 0.812. The Morgan fingerprint density at radius 3 is 2.94 bits per heavy atom. The minimum absolute atomic E-state index is 0.277. The molecule has 0 radical (unpaired) electrons. The fourth-order valence-corrected chi connectivity index (χ4v) is 1.93. The number of alkyl halides is 1. The first kappa shape index (κ1) is 12.3. The third-order valence-electron chi connectivity index (χ3n) is 2.07. The molecule has 0 fully saturated rings. The van der Waals surface area contributed by atoms with Gasteiger partial charge in [0.15, 0.2) is 6.61 Å². The summed E-state index contributed by atoms with van der Waals surface area (Å²) >= 11 is 9.23. The lowest BCUT2D eigenvalue weighted by atomic mass is 10.2. The summed E-state index contributed by atoms with van der Waals surface area (Å²) < 4.78 is 6.57. The fraction of sp³-hybridized carbons (Fsp3) is 0.300. The highest BCUT2D eigenvalue weighted by Crippen LogP contribution is 2.25. The number of aromatic nitrogens is 4. The van der Waals surface area contributed by atoms with Crippen molar-refractivity contribution in [3.63, 3.8) is 0 Å². The highest BCUT2D eigenvalue weighted by atomic mass is 79.9. The molecule has 0 aliphatic rings. The van der Waals surface area contributed by atoms with Gasteiger partial charge in [0.05, 0.1) is 12.9 Å². The number of rotatable bonds is 4. The molecular weight excluding hydrogens is 307 g/mol. The first-order valence-corrected chi connectivity index (χ1v) is 6.22. The Hall–Kier alpha value is -1.14. The molecule has 90 valence electrons. The Labute approximate surface area is 112 Å². The zero-order valence-corrected chi connectivity index (χ0v) is 11.4. The van der Waals surface area contributed by atoms with E-state index in [9.17, 15) is 0 Å². The van der Waals surface area contributed by atoms with Crippen molar-refractivity contribution in [2.75, 3.05) is 0 Å². The summed E-state index contributed by atoms with van der Waals surface area (Å²) in [4.78, 5) is 1.39. The van der Waals surface area contributed by atoms with Crippen molar-refractivity contribution in [3.8, 4) is 5.75 Å². The van der Waals surface area contributed by atoms with E-state index in [0.717, 1.165) is 15.8 Å². The average molecular weight is 318 g/mol. The summed E-state index contributed by atoms with van der Waals surface area (Å²) in [6.45, 7) is 0.277. The van der Waals surface area contributed by atoms with Gasteiger partial charge in [0.2, 0.25) is 5.82 Å². The second kappa shape index (κ2) is 5.46. The van der Waals surface area contributed by atoms with Gasteiger partial charge >= 0.3 is 0 Å². The van der Waals surface area contributed by atoms with Crippen LogP contribution in [0.15, 0.2) is 22.7 Å². The van der Waals surface area contributed by atoms with Crippen LogP contribution in [-0.2, 0) is 19.5 Å². The van der Waals surface area contributed by atoms with Crippen molar-refractivity contribution in [1.29, 1.82) is 0 Å². The molecule has 0 bridgehead atoms. The molecule has 0 amide bonds. The molecule has 17 heavy (non-hydrogen) atoms. The largest absolute Gasteiger partial charge is 0.485 e. The molecule has 0 aliphatic carbocycles. The second-order valence-electron chi connectivity index (χ2n) is 3.37. The van der Waals surface area contributed by atoms with E-state index in [2.05, 4.69) is 31.3 Å². The smallest absolute Gasteiger partial charge is 0.212 e. The van der Waals surface area contributed by atoms with Gasteiger partial charge in [-0.1, -0.05) is 15.9 Å². The molecule has 1 aromatic heterocycles. The van der Waals surface area contributed by atoms with Crippen molar-refractivity contribution < 1.29 is 4.74 Å². The van der Waals surface area contributed by atoms with Gasteiger partial charge in [0.1, 0.15) is 5.75 Å². The van der Waals surface area contributed by atoms with E-state index in [1.807, 2.05) is 18.2 Å². The van der Waals surface area contributed by atoms with Gasteiger partial charge in [0.25, 0.3) is 0 Å². The van der Waals surface area contributed by atoms with Crippen molar-refractivity contribution in [2.45, 2.75) is 12.5 Å². The number of hydrogen-bond acceptors (Lipinski definition) is 4.